The number of benzene rings is 2. The molecule has 2 aromatic carbocycles. The summed E-state index contributed by atoms with van der Waals surface area (Å²) in [5.74, 6) is -0.567. The second-order valence-corrected chi connectivity index (χ2v) is 7.72. The Balaban J connectivity index is 0.00000240. The van der Waals surface area contributed by atoms with Gasteiger partial charge in [-0.25, -0.2) is 0 Å². The van der Waals surface area contributed by atoms with Gasteiger partial charge in [0.05, 0.1) is 0 Å². The first-order valence-electron chi connectivity index (χ1n) is 9.95. The van der Waals surface area contributed by atoms with E-state index in [0.29, 0.717) is 30.0 Å². The maximum absolute atomic E-state index is 12.8. The van der Waals surface area contributed by atoms with Crippen LogP contribution in [0.4, 0.5) is 0 Å². The number of carbonyl (C=O) groups excluding carboxylic acids is 3. The van der Waals surface area contributed by atoms with E-state index in [9.17, 15) is 14.4 Å². The Bertz CT molecular complexity index is 895. The molecule has 0 bridgehead atoms. The Hall–Kier alpha value is -2.44. The third-order valence-electron chi connectivity index (χ3n) is 5.63. The summed E-state index contributed by atoms with van der Waals surface area (Å²) in [5.41, 5.74) is 1.11. The highest BCUT2D eigenvalue weighted by Gasteiger charge is 2.32. The summed E-state index contributed by atoms with van der Waals surface area (Å²) in [6.45, 7) is 3.27. The van der Waals surface area contributed by atoms with Crippen molar-refractivity contribution in [2.45, 2.75) is 44.7 Å². The monoisotopic (exact) mass is 415 g/mol. The number of piperidine rings is 1. The zero-order chi connectivity index (χ0) is 19.7. The van der Waals surface area contributed by atoms with Crippen molar-refractivity contribution in [3.63, 3.8) is 0 Å². The van der Waals surface area contributed by atoms with Gasteiger partial charge in [0.25, 0.3) is 11.8 Å². The minimum Gasteiger partial charge on any atom is -0.353 e. The first-order valence-corrected chi connectivity index (χ1v) is 9.95. The van der Waals surface area contributed by atoms with Crippen molar-refractivity contribution in [1.29, 1.82) is 0 Å². The summed E-state index contributed by atoms with van der Waals surface area (Å²) in [7, 11) is 0. The van der Waals surface area contributed by atoms with Crippen LogP contribution in [0.2, 0.25) is 0 Å². The quantitative estimate of drug-likeness (QED) is 0.736. The molecule has 2 atom stereocenters. The SMILES string of the molecule is CC1CC(NC(=O)CCCN2C(=O)c3cccc4cccc(c34)C2=O)CCN1.Cl. The summed E-state index contributed by atoms with van der Waals surface area (Å²) in [5, 5.41) is 8.06. The van der Waals surface area contributed by atoms with E-state index in [4.69, 9.17) is 0 Å². The molecule has 2 heterocycles. The molecule has 0 aliphatic carbocycles. The summed E-state index contributed by atoms with van der Waals surface area (Å²) in [6.07, 6.45) is 2.62. The zero-order valence-electron chi connectivity index (χ0n) is 16.4. The minimum absolute atomic E-state index is 0. The lowest BCUT2D eigenvalue weighted by atomic mass is 9.94. The molecule has 29 heavy (non-hydrogen) atoms. The number of hydrogen-bond acceptors (Lipinski definition) is 4. The number of halogens is 1. The molecule has 0 saturated carbocycles. The molecule has 3 amide bonds. The second kappa shape index (κ2) is 8.93. The van der Waals surface area contributed by atoms with Crippen LogP contribution in [-0.2, 0) is 4.79 Å². The van der Waals surface area contributed by atoms with E-state index < -0.39 is 0 Å². The molecular formula is C22H26ClN3O3. The molecule has 2 aliphatic rings. The average Bonchev–Trinajstić information content (AvgIpc) is 2.68. The van der Waals surface area contributed by atoms with Crippen LogP contribution in [0.3, 0.4) is 0 Å². The summed E-state index contributed by atoms with van der Waals surface area (Å²) < 4.78 is 0. The second-order valence-electron chi connectivity index (χ2n) is 7.72. The average molecular weight is 416 g/mol. The summed E-state index contributed by atoms with van der Waals surface area (Å²) >= 11 is 0. The normalized spacial score (nSPS) is 21.1. The Kier molecular flexibility index (Phi) is 6.55. The van der Waals surface area contributed by atoms with Crippen LogP contribution in [0.15, 0.2) is 36.4 Å². The highest BCUT2D eigenvalue weighted by molar-refractivity contribution is 6.25. The van der Waals surface area contributed by atoms with Gasteiger partial charge in [0.1, 0.15) is 0 Å². The van der Waals surface area contributed by atoms with Gasteiger partial charge in [0, 0.05) is 41.6 Å². The lowest BCUT2D eigenvalue weighted by molar-refractivity contribution is -0.122. The van der Waals surface area contributed by atoms with Crippen LogP contribution in [0.5, 0.6) is 0 Å². The largest absolute Gasteiger partial charge is 0.353 e. The Morgan fingerprint density at radius 1 is 1.14 bits per heavy atom. The zero-order valence-corrected chi connectivity index (χ0v) is 17.3. The lowest BCUT2D eigenvalue weighted by Crippen LogP contribution is -2.46. The number of amides is 3. The van der Waals surface area contributed by atoms with Gasteiger partial charge in [0.2, 0.25) is 5.91 Å². The third-order valence-corrected chi connectivity index (χ3v) is 5.63. The minimum atomic E-state index is -0.276. The fraction of sp³-hybridized carbons (Fsp3) is 0.409. The number of nitrogens with zero attached hydrogens (tertiary/aromatic N) is 1. The fourth-order valence-corrected chi connectivity index (χ4v) is 4.24. The van der Waals surface area contributed by atoms with Crippen molar-refractivity contribution in [2.75, 3.05) is 13.1 Å². The molecule has 4 rings (SSSR count). The van der Waals surface area contributed by atoms with E-state index in [1.165, 1.54) is 4.90 Å². The van der Waals surface area contributed by atoms with Crippen LogP contribution >= 0.6 is 12.4 Å². The first kappa shape index (κ1) is 21.3. The van der Waals surface area contributed by atoms with Crippen LogP contribution < -0.4 is 10.6 Å². The smallest absolute Gasteiger partial charge is 0.261 e. The standard InChI is InChI=1S/C22H25N3O3.ClH/c1-14-13-16(10-11-23-14)24-19(26)9-4-12-25-21(27)17-7-2-5-15-6-3-8-18(20(15)17)22(25)28;/h2-3,5-8,14,16,23H,4,9-13H2,1H3,(H,24,26);1H. The van der Waals surface area contributed by atoms with E-state index in [2.05, 4.69) is 17.6 Å². The molecule has 2 aromatic rings. The van der Waals surface area contributed by atoms with E-state index >= 15 is 0 Å². The van der Waals surface area contributed by atoms with Gasteiger partial charge in [-0.2, -0.15) is 0 Å². The predicted octanol–water partition coefficient (Wildman–Crippen LogP) is 2.89. The molecule has 2 aliphatic heterocycles. The Labute approximate surface area is 176 Å². The molecule has 1 saturated heterocycles. The topological polar surface area (TPSA) is 78.5 Å². The van der Waals surface area contributed by atoms with Gasteiger partial charge in [-0.05, 0) is 50.2 Å². The Morgan fingerprint density at radius 3 is 2.41 bits per heavy atom. The van der Waals surface area contributed by atoms with Crippen LogP contribution in [-0.4, -0.2) is 47.8 Å². The number of imide groups is 1. The van der Waals surface area contributed by atoms with Crippen molar-refractivity contribution in [3.05, 3.63) is 47.5 Å². The molecule has 0 aromatic heterocycles. The van der Waals surface area contributed by atoms with Crippen molar-refractivity contribution in [2.24, 2.45) is 0 Å². The van der Waals surface area contributed by atoms with Gasteiger partial charge in [-0.15, -0.1) is 12.4 Å². The number of nitrogens with one attached hydrogen (secondary N) is 2. The summed E-state index contributed by atoms with van der Waals surface area (Å²) in [4.78, 5) is 39.2. The van der Waals surface area contributed by atoms with E-state index in [0.717, 1.165) is 30.2 Å². The summed E-state index contributed by atoms with van der Waals surface area (Å²) in [6, 6.07) is 11.6. The lowest BCUT2D eigenvalue weighted by Gasteiger charge is -2.29. The van der Waals surface area contributed by atoms with E-state index in [-0.39, 0.29) is 42.7 Å². The molecule has 154 valence electrons. The van der Waals surface area contributed by atoms with Crippen molar-refractivity contribution in [3.8, 4) is 0 Å². The maximum Gasteiger partial charge on any atom is 0.261 e. The molecule has 2 unspecified atom stereocenters. The molecular weight excluding hydrogens is 390 g/mol. The van der Waals surface area contributed by atoms with Gasteiger partial charge in [-0.3, -0.25) is 19.3 Å². The van der Waals surface area contributed by atoms with Crippen LogP contribution in [0, 0.1) is 0 Å². The Morgan fingerprint density at radius 2 is 1.79 bits per heavy atom. The van der Waals surface area contributed by atoms with Gasteiger partial charge in [-0.1, -0.05) is 24.3 Å². The van der Waals surface area contributed by atoms with Crippen LogP contribution in [0.1, 0.15) is 53.3 Å². The molecule has 0 radical (unpaired) electrons. The highest BCUT2D eigenvalue weighted by atomic mass is 35.5. The van der Waals surface area contributed by atoms with Gasteiger partial charge >= 0.3 is 0 Å². The number of carbonyl (C=O) groups is 3. The predicted molar refractivity (Wildman–Crippen MR) is 114 cm³/mol. The van der Waals surface area contributed by atoms with Crippen molar-refractivity contribution >= 4 is 40.9 Å². The molecule has 6 nitrogen and oxygen atoms in total. The van der Waals surface area contributed by atoms with Crippen molar-refractivity contribution in [1.82, 2.24) is 15.5 Å². The molecule has 1 fully saturated rings. The first-order chi connectivity index (χ1) is 13.5. The molecule has 7 heteroatoms. The maximum atomic E-state index is 12.8. The van der Waals surface area contributed by atoms with E-state index in [1.807, 2.05) is 24.3 Å². The number of rotatable bonds is 5. The highest BCUT2D eigenvalue weighted by Crippen LogP contribution is 2.30. The third kappa shape index (κ3) is 4.28. The van der Waals surface area contributed by atoms with Gasteiger partial charge in [0.15, 0.2) is 0 Å². The van der Waals surface area contributed by atoms with E-state index in [1.54, 1.807) is 12.1 Å². The number of hydrogen-bond donors (Lipinski definition) is 2. The van der Waals surface area contributed by atoms with Gasteiger partial charge < -0.3 is 10.6 Å². The fourth-order valence-electron chi connectivity index (χ4n) is 4.24. The van der Waals surface area contributed by atoms with Crippen LogP contribution in [0.25, 0.3) is 10.8 Å². The van der Waals surface area contributed by atoms with Crippen molar-refractivity contribution < 1.29 is 14.4 Å². The molecule has 2 N–H and O–H groups in total. The molecule has 0 spiro atoms.